The first-order valence-electron chi connectivity index (χ1n) is 12.3. The highest BCUT2D eigenvalue weighted by Crippen LogP contribution is 2.34. The van der Waals surface area contributed by atoms with Crippen molar-refractivity contribution >= 4 is 28.4 Å². The number of urea groups is 1. The molecule has 3 aromatic rings. The highest BCUT2D eigenvalue weighted by molar-refractivity contribution is 6.01. The Kier molecular flexibility index (Phi) is 5.27. The van der Waals surface area contributed by atoms with Crippen LogP contribution in [0, 0.1) is 13.8 Å². The van der Waals surface area contributed by atoms with Crippen LogP contribution in [0.2, 0.25) is 0 Å². The summed E-state index contributed by atoms with van der Waals surface area (Å²) in [7, 11) is 1.80. The molecule has 3 unspecified atom stereocenters. The topological polar surface area (TPSA) is 59.1 Å². The van der Waals surface area contributed by atoms with E-state index in [4.69, 9.17) is 0 Å². The maximum absolute atomic E-state index is 13.9. The number of hydrogen-bond acceptors (Lipinski definition) is 5. The molecule has 3 heterocycles. The first-order chi connectivity index (χ1) is 16.9. The molecule has 3 aromatic carbocycles. The van der Waals surface area contributed by atoms with Crippen molar-refractivity contribution in [2.75, 3.05) is 25.0 Å². The molecular weight excluding hydrogens is 438 g/mol. The van der Waals surface area contributed by atoms with Crippen molar-refractivity contribution < 1.29 is 9.59 Å². The van der Waals surface area contributed by atoms with Gasteiger partial charge in [-0.15, -0.1) is 0 Å². The van der Waals surface area contributed by atoms with Gasteiger partial charge in [-0.05, 0) is 59.9 Å². The minimum absolute atomic E-state index is 0.122. The molecule has 3 amide bonds. The number of nitrogens with zero attached hydrogens (tertiary/aromatic N) is 4. The molecule has 35 heavy (non-hydrogen) atoms. The van der Waals surface area contributed by atoms with E-state index in [1.165, 1.54) is 16.0 Å². The average molecular weight is 470 g/mol. The lowest BCUT2D eigenvalue weighted by molar-refractivity contribution is -0.139. The number of imide groups is 1. The first kappa shape index (κ1) is 22.1. The van der Waals surface area contributed by atoms with E-state index in [0.717, 1.165) is 41.5 Å². The third-order valence-corrected chi connectivity index (χ3v) is 7.90. The molecule has 1 N–H and O–H groups in total. The fraction of sp³-hybridized carbons (Fsp3) is 0.357. The quantitative estimate of drug-likeness (QED) is 0.635. The number of fused-ring (bicyclic) bond motifs is 4. The Morgan fingerprint density at radius 2 is 1.74 bits per heavy atom. The lowest BCUT2D eigenvalue weighted by atomic mass is 10.0. The van der Waals surface area contributed by atoms with Gasteiger partial charge >= 0.3 is 6.03 Å². The summed E-state index contributed by atoms with van der Waals surface area (Å²) in [5.41, 5.74) is 4.64. The zero-order valence-electron chi connectivity index (χ0n) is 20.4. The number of likely N-dealkylation sites (N-methyl/N-ethyl adjacent to an activating group) is 1. The number of aryl methyl sites for hydroxylation is 2. The van der Waals surface area contributed by atoms with Crippen LogP contribution in [0.25, 0.3) is 10.8 Å². The van der Waals surface area contributed by atoms with Gasteiger partial charge in [0.1, 0.15) is 18.5 Å². The van der Waals surface area contributed by atoms with Gasteiger partial charge in [0.05, 0.1) is 6.54 Å². The molecule has 6 rings (SSSR count). The molecule has 0 radical (unpaired) electrons. The van der Waals surface area contributed by atoms with E-state index in [9.17, 15) is 9.59 Å². The van der Waals surface area contributed by atoms with Crippen molar-refractivity contribution in [3.05, 3.63) is 77.4 Å². The van der Waals surface area contributed by atoms with Crippen LogP contribution in [0.15, 0.2) is 60.7 Å². The summed E-state index contributed by atoms with van der Waals surface area (Å²) in [6.07, 6.45) is 0.483. The molecule has 3 aliphatic rings. The molecule has 3 fully saturated rings. The lowest BCUT2D eigenvalue weighted by Crippen LogP contribution is -2.66. The number of nitrogens with one attached hydrogen (secondary N) is 1. The molecule has 0 aromatic heterocycles. The smallest absolute Gasteiger partial charge is 0.328 e. The van der Waals surface area contributed by atoms with Gasteiger partial charge in [-0.3, -0.25) is 19.9 Å². The van der Waals surface area contributed by atoms with Crippen LogP contribution in [0.5, 0.6) is 0 Å². The molecule has 7 heteroatoms. The summed E-state index contributed by atoms with van der Waals surface area (Å²) in [5, 5.41) is 5.79. The van der Waals surface area contributed by atoms with E-state index in [0.29, 0.717) is 0 Å². The van der Waals surface area contributed by atoms with Gasteiger partial charge in [-0.2, -0.15) is 0 Å². The highest BCUT2D eigenvalue weighted by atomic mass is 16.2. The second-order valence-corrected chi connectivity index (χ2v) is 9.94. The third kappa shape index (κ3) is 3.49. The molecule has 0 bridgehead atoms. The van der Waals surface area contributed by atoms with Gasteiger partial charge in [0.2, 0.25) is 0 Å². The van der Waals surface area contributed by atoms with E-state index in [-0.39, 0.29) is 30.9 Å². The van der Waals surface area contributed by atoms with Crippen molar-refractivity contribution in [1.29, 1.82) is 0 Å². The Hall–Kier alpha value is -3.42. The number of anilines is 1. The normalized spacial score (nSPS) is 24.8. The summed E-state index contributed by atoms with van der Waals surface area (Å²) in [6.45, 7) is 6.24. The SMILES string of the molecule is Cc1ccc(N2CCCN3C4C(=O)N(Cc5cccc6ccccc56)C(=O)N(C)C4NC23)cc1C. The maximum atomic E-state index is 13.9. The summed E-state index contributed by atoms with van der Waals surface area (Å²) >= 11 is 0. The van der Waals surface area contributed by atoms with Crippen molar-refractivity contribution in [3.8, 4) is 0 Å². The summed E-state index contributed by atoms with van der Waals surface area (Å²) in [5.74, 6) is -0.122. The fourth-order valence-electron chi connectivity index (χ4n) is 5.83. The predicted octanol–water partition coefficient (Wildman–Crippen LogP) is 3.64. The Morgan fingerprint density at radius 1 is 0.943 bits per heavy atom. The average Bonchev–Trinajstić information content (AvgIpc) is 3.27. The summed E-state index contributed by atoms with van der Waals surface area (Å²) in [4.78, 5) is 35.0. The number of rotatable bonds is 3. The maximum Gasteiger partial charge on any atom is 0.328 e. The van der Waals surface area contributed by atoms with Crippen molar-refractivity contribution in [2.45, 2.75) is 45.3 Å². The van der Waals surface area contributed by atoms with Crippen LogP contribution >= 0.6 is 0 Å². The highest BCUT2D eigenvalue weighted by Gasteiger charge is 2.56. The Bertz CT molecular complexity index is 1320. The Balaban J connectivity index is 1.32. The first-order valence-corrected chi connectivity index (χ1v) is 12.3. The van der Waals surface area contributed by atoms with Gasteiger partial charge in [-0.1, -0.05) is 48.5 Å². The zero-order chi connectivity index (χ0) is 24.3. The number of hydrogen-bond donors (Lipinski definition) is 1. The molecule has 3 aliphatic heterocycles. The predicted molar refractivity (Wildman–Crippen MR) is 137 cm³/mol. The molecule has 0 aliphatic carbocycles. The fourth-order valence-corrected chi connectivity index (χ4v) is 5.83. The number of carbonyl (C=O) groups is 2. The molecule has 0 spiro atoms. The van der Waals surface area contributed by atoms with Crippen LogP contribution in [0.3, 0.4) is 0 Å². The second-order valence-electron chi connectivity index (χ2n) is 9.94. The second kappa shape index (κ2) is 8.36. The third-order valence-electron chi connectivity index (χ3n) is 7.90. The lowest BCUT2D eigenvalue weighted by Gasteiger charge is -2.44. The van der Waals surface area contributed by atoms with Crippen LogP contribution in [-0.2, 0) is 11.3 Å². The summed E-state index contributed by atoms with van der Waals surface area (Å²) < 4.78 is 0. The Labute approximate surface area is 205 Å². The van der Waals surface area contributed by atoms with E-state index in [1.54, 1.807) is 11.9 Å². The van der Waals surface area contributed by atoms with E-state index in [2.05, 4.69) is 65.4 Å². The van der Waals surface area contributed by atoms with Crippen LogP contribution in [-0.4, -0.2) is 65.3 Å². The number of benzene rings is 3. The van der Waals surface area contributed by atoms with Crippen molar-refractivity contribution in [3.63, 3.8) is 0 Å². The van der Waals surface area contributed by atoms with Gasteiger partial charge < -0.3 is 9.80 Å². The molecule has 3 saturated heterocycles. The Morgan fingerprint density at radius 3 is 2.57 bits per heavy atom. The van der Waals surface area contributed by atoms with Gasteiger partial charge in [0.15, 0.2) is 0 Å². The van der Waals surface area contributed by atoms with E-state index in [1.807, 2.05) is 24.3 Å². The zero-order valence-corrected chi connectivity index (χ0v) is 20.4. The molecule has 3 atom stereocenters. The molecule has 180 valence electrons. The number of amides is 3. The van der Waals surface area contributed by atoms with Gasteiger partial charge in [0, 0.05) is 25.8 Å². The van der Waals surface area contributed by atoms with Crippen molar-refractivity contribution in [2.24, 2.45) is 0 Å². The van der Waals surface area contributed by atoms with Crippen molar-refractivity contribution in [1.82, 2.24) is 20.0 Å². The molecule has 7 nitrogen and oxygen atoms in total. The van der Waals surface area contributed by atoms with E-state index >= 15 is 0 Å². The van der Waals surface area contributed by atoms with Gasteiger partial charge in [0.25, 0.3) is 5.91 Å². The van der Waals surface area contributed by atoms with Crippen LogP contribution < -0.4 is 10.2 Å². The van der Waals surface area contributed by atoms with Crippen LogP contribution in [0.1, 0.15) is 23.1 Å². The standard InChI is InChI=1S/C28H31N5O2/c1-18-12-13-22(16-19(18)2)31-14-7-15-32-24-25(29-27(31)32)30(3)28(35)33(26(24)34)17-21-10-6-9-20-8-4-5-11-23(20)21/h4-6,8-13,16,24-25,27,29H,7,14-15,17H2,1-3H3. The largest absolute Gasteiger partial charge is 0.343 e. The summed E-state index contributed by atoms with van der Waals surface area (Å²) in [6, 6.07) is 20.0. The van der Waals surface area contributed by atoms with Crippen LogP contribution in [0.4, 0.5) is 10.5 Å². The minimum Gasteiger partial charge on any atom is -0.343 e. The monoisotopic (exact) mass is 469 g/mol. The molecule has 0 saturated carbocycles. The minimum atomic E-state index is -0.410. The molecular formula is C28H31N5O2. The van der Waals surface area contributed by atoms with Gasteiger partial charge in [-0.25, -0.2) is 4.79 Å². The number of carbonyl (C=O) groups excluding carboxylic acids is 2. The van der Waals surface area contributed by atoms with E-state index < -0.39 is 6.04 Å².